The molecule has 0 spiro atoms. The molecule has 0 saturated heterocycles. The van der Waals surface area contributed by atoms with Gasteiger partial charge in [-0.2, -0.15) is 8.42 Å². The highest BCUT2D eigenvalue weighted by molar-refractivity contribution is 7.79. The Labute approximate surface area is 69.0 Å². The molecule has 9 heteroatoms. The van der Waals surface area contributed by atoms with Gasteiger partial charge in [0.25, 0.3) is 0 Å². The van der Waals surface area contributed by atoms with Gasteiger partial charge in [0.2, 0.25) is 0 Å². The number of aliphatic hydroxyl groups is 3. The third-order valence-corrected chi connectivity index (χ3v) is 0.578. The van der Waals surface area contributed by atoms with Crippen molar-refractivity contribution in [3.63, 3.8) is 0 Å². The number of nitrogens with one attached hydrogen (secondary N) is 1. The van der Waals surface area contributed by atoms with Gasteiger partial charge in [-0.3, -0.25) is 14.4 Å². The lowest BCUT2D eigenvalue weighted by atomic mass is 10.6. The fraction of sp³-hybridized carbons (Fsp3) is 1.00. The van der Waals surface area contributed by atoms with E-state index in [9.17, 15) is 0 Å². The molecule has 0 radical (unpaired) electrons. The highest BCUT2D eigenvalue weighted by atomic mass is 32.3. The van der Waals surface area contributed by atoms with Gasteiger partial charge in [-0.05, 0) is 7.05 Å². The Morgan fingerprint density at radius 2 is 1.42 bits per heavy atom. The first-order valence-corrected chi connectivity index (χ1v) is 3.99. The summed E-state index contributed by atoms with van der Waals surface area (Å²) in [6, 6.07) is 0. The monoisotopic (exact) mass is 205 g/mol. The summed E-state index contributed by atoms with van der Waals surface area (Å²) in [6.07, 6.45) is -2.93. The van der Waals surface area contributed by atoms with E-state index in [4.69, 9.17) is 32.8 Å². The third kappa shape index (κ3) is 22.6. The largest absolute Gasteiger partial charge is 0.394 e. The minimum atomic E-state index is -4.67. The fourth-order valence-corrected chi connectivity index (χ4v) is 0.149. The van der Waals surface area contributed by atoms with Crippen LogP contribution in [0.3, 0.4) is 0 Å². The first-order chi connectivity index (χ1) is 5.18. The maximum Gasteiger partial charge on any atom is 0.394 e. The summed E-state index contributed by atoms with van der Waals surface area (Å²) >= 11 is 0. The SMILES string of the molecule is CNC(O)C(O)O.O=S(=O)(O)O. The molecule has 76 valence electrons. The second-order valence-electron chi connectivity index (χ2n) is 1.59. The molecule has 12 heavy (non-hydrogen) atoms. The predicted octanol–water partition coefficient (Wildman–Crippen LogP) is -2.82. The molecule has 0 aromatic heterocycles. The summed E-state index contributed by atoms with van der Waals surface area (Å²) in [5.41, 5.74) is 0. The van der Waals surface area contributed by atoms with Gasteiger partial charge in [0, 0.05) is 0 Å². The van der Waals surface area contributed by atoms with E-state index in [1.807, 2.05) is 0 Å². The molecule has 0 fully saturated rings. The van der Waals surface area contributed by atoms with Crippen molar-refractivity contribution in [2.24, 2.45) is 0 Å². The maximum atomic E-state index is 8.74. The van der Waals surface area contributed by atoms with Crippen LogP contribution in [0.5, 0.6) is 0 Å². The van der Waals surface area contributed by atoms with Gasteiger partial charge in [-0.15, -0.1) is 0 Å². The van der Waals surface area contributed by atoms with Crippen molar-refractivity contribution >= 4 is 10.4 Å². The normalized spacial score (nSPS) is 13.6. The summed E-state index contributed by atoms with van der Waals surface area (Å²) in [6.45, 7) is 0. The molecule has 0 aromatic carbocycles. The molecule has 0 aliphatic carbocycles. The summed E-state index contributed by atoms with van der Waals surface area (Å²) < 4.78 is 31.6. The van der Waals surface area contributed by atoms with E-state index in [1.165, 1.54) is 7.05 Å². The van der Waals surface area contributed by atoms with Gasteiger partial charge < -0.3 is 15.3 Å². The number of hydrogen-bond acceptors (Lipinski definition) is 6. The van der Waals surface area contributed by atoms with E-state index >= 15 is 0 Å². The predicted molar refractivity (Wildman–Crippen MR) is 37.5 cm³/mol. The molecule has 0 bridgehead atoms. The zero-order valence-corrected chi connectivity index (χ0v) is 6.93. The van der Waals surface area contributed by atoms with Crippen LogP contribution >= 0.6 is 0 Å². The first-order valence-electron chi connectivity index (χ1n) is 2.60. The van der Waals surface area contributed by atoms with Gasteiger partial charge >= 0.3 is 10.4 Å². The quantitative estimate of drug-likeness (QED) is 0.209. The first kappa shape index (κ1) is 14.2. The van der Waals surface area contributed by atoms with E-state index in [0.717, 1.165) is 0 Å². The van der Waals surface area contributed by atoms with Crippen LogP contribution in [-0.2, 0) is 10.4 Å². The molecular weight excluding hydrogens is 194 g/mol. The lowest BCUT2D eigenvalue weighted by molar-refractivity contribution is -0.130. The van der Waals surface area contributed by atoms with Crippen LogP contribution in [0.25, 0.3) is 0 Å². The molecule has 0 heterocycles. The van der Waals surface area contributed by atoms with Crippen LogP contribution < -0.4 is 5.32 Å². The van der Waals surface area contributed by atoms with Gasteiger partial charge in [-0.1, -0.05) is 0 Å². The zero-order chi connectivity index (χ0) is 10.4. The molecular formula is C3H11NO7S. The van der Waals surface area contributed by atoms with Crippen LogP contribution in [0.15, 0.2) is 0 Å². The summed E-state index contributed by atoms with van der Waals surface area (Å²) in [7, 11) is -3.25. The van der Waals surface area contributed by atoms with Crippen LogP contribution in [0, 0.1) is 0 Å². The molecule has 1 atom stereocenters. The van der Waals surface area contributed by atoms with Gasteiger partial charge in [0.05, 0.1) is 0 Å². The minimum absolute atomic E-state index is 1.24. The minimum Gasteiger partial charge on any atom is -0.373 e. The third-order valence-electron chi connectivity index (χ3n) is 0.578. The molecule has 0 aliphatic rings. The number of hydrogen-bond donors (Lipinski definition) is 6. The average molecular weight is 205 g/mol. The molecule has 0 rings (SSSR count). The van der Waals surface area contributed by atoms with Crippen molar-refractivity contribution in [1.82, 2.24) is 5.32 Å². The second kappa shape index (κ2) is 6.25. The Morgan fingerprint density at radius 3 is 1.42 bits per heavy atom. The van der Waals surface area contributed by atoms with Crippen LogP contribution in [0.2, 0.25) is 0 Å². The van der Waals surface area contributed by atoms with E-state index in [2.05, 4.69) is 5.32 Å². The van der Waals surface area contributed by atoms with E-state index in [-0.39, 0.29) is 0 Å². The topological polar surface area (TPSA) is 147 Å². The van der Waals surface area contributed by atoms with Crippen molar-refractivity contribution in [2.75, 3.05) is 7.05 Å². The smallest absolute Gasteiger partial charge is 0.373 e. The Balaban J connectivity index is 0. The van der Waals surface area contributed by atoms with Gasteiger partial charge in [-0.25, -0.2) is 0 Å². The van der Waals surface area contributed by atoms with Crippen LogP contribution in [0.4, 0.5) is 0 Å². The maximum absolute atomic E-state index is 8.74. The second-order valence-corrected chi connectivity index (χ2v) is 2.49. The molecule has 0 aromatic rings. The average Bonchev–Trinajstić information content (AvgIpc) is 1.82. The van der Waals surface area contributed by atoms with Crippen LogP contribution in [0.1, 0.15) is 0 Å². The number of rotatable bonds is 2. The molecule has 6 N–H and O–H groups in total. The Kier molecular flexibility index (Phi) is 7.42. The van der Waals surface area contributed by atoms with E-state index < -0.39 is 22.9 Å². The fourth-order valence-electron chi connectivity index (χ4n) is 0.149. The Hall–Kier alpha value is -0.290. The highest BCUT2D eigenvalue weighted by Crippen LogP contribution is 1.78. The molecule has 1 unspecified atom stereocenters. The van der Waals surface area contributed by atoms with Crippen molar-refractivity contribution in [2.45, 2.75) is 12.5 Å². The summed E-state index contributed by atoms with van der Waals surface area (Å²) in [5.74, 6) is 0. The molecule has 0 amide bonds. The molecule has 0 aliphatic heterocycles. The van der Waals surface area contributed by atoms with E-state index in [1.54, 1.807) is 0 Å². The van der Waals surface area contributed by atoms with Crippen molar-refractivity contribution in [3.8, 4) is 0 Å². The van der Waals surface area contributed by atoms with Gasteiger partial charge in [0.1, 0.15) is 0 Å². The van der Waals surface area contributed by atoms with Crippen molar-refractivity contribution < 1.29 is 32.8 Å². The summed E-state index contributed by atoms with van der Waals surface area (Å²) in [4.78, 5) is 0. The lowest BCUT2D eigenvalue weighted by Gasteiger charge is -2.09. The Bertz CT molecular complexity index is 179. The van der Waals surface area contributed by atoms with Crippen LogP contribution in [-0.4, -0.2) is 52.4 Å². The van der Waals surface area contributed by atoms with Crippen molar-refractivity contribution in [1.29, 1.82) is 0 Å². The molecule has 8 nitrogen and oxygen atoms in total. The summed E-state index contributed by atoms with van der Waals surface area (Å²) in [5, 5.41) is 26.7. The number of likely N-dealkylation sites (N-methyl/N-ethyl adjacent to an activating group) is 1. The lowest BCUT2D eigenvalue weighted by Crippen LogP contribution is -2.36. The Morgan fingerprint density at radius 1 is 1.17 bits per heavy atom. The van der Waals surface area contributed by atoms with Crippen molar-refractivity contribution in [3.05, 3.63) is 0 Å². The molecule has 0 saturated carbocycles. The van der Waals surface area contributed by atoms with Gasteiger partial charge in [0.15, 0.2) is 12.5 Å². The zero-order valence-electron chi connectivity index (χ0n) is 6.12. The highest BCUT2D eigenvalue weighted by Gasteiger charge is 2.06. The standard InChI is InChI=1S/C3H9NO3.H2O4S/c1-4-2(5)3(6)7;1-5(2,3)4/h2-7H,1H3;(H2,1,2,3,4). The number of aliphatic hydroxyl groups excluding tert-OH is 2. The van der Waals surface area contributed by atoms with E-state index in [0.29, 0.717) is 0 Å².